The molecule has 5 nitrogen and oxygen atoms in total. The Labute approximate surface area is 101 Å². The molecule has 0 radical (unpaired) electrons. The Bertz CT molecular complexity index is 344. The Hall–Kier alpha value is -1.10. The van der Waals surface area contributed by atoms with Gasteiger partial charge in [-0.25, -0.2) is 0 Å². The minimum Gasteiger partial charge on any atom is -0.480 e. The molecule has 1 atom stereocenters. The predicted octanol–water partition coefficient (Wildman–Crippen LogP) is 0.923. The van der Waals surface area contributed by atoms with Crippen LogP contribution in [0.3, 0.4) is 0 Å². The van der Waals surface area contributed by atoms with Gasteiger partial charge in [0, 0.05) is 5.54 Å². The van der Waals surface area contributed by atoms with Crippen LogP contribution in [0.4, 0.5) is 0 Å². The maximum atomic E-state index is 11.7. The molecule has 0 bridgehead atoms. The number of carboxylic acids is 1. The fourth-order valence-corrected chi connectivity index (χ4v) is 2.61. The number of rotatable bonds is 2. The molecule has 0 aromatic rings. The first-order chi connectivity index (χ1) is 7.71. The second-order valence-corrected chi connectivity index (χ2v) is 6.16. The monoisotopic (exact) mass is 241 g/mol. The van der Waals surface area contributed by atoms with E-state index < -0.39 is 17.6 Å². The number of aliphatic carboxylic acids is 1. The zero-order chi connectivity index (χ0) is 12.8. The molecule has 1 aliphatic carbocycles. The first kappa shape index (κ1) is 12.4. The molecule has 1 saturated carbocycles. The van der Waals surface area contributed by atoms with Crippen molar-refractivity contribution < 1.29 is 19.4 Å². The van der Waals surface area contributed by atoms with Gasteiger partial charge in [-0.15, -0.1) is 0 Å². The summed E-state index contributed by atoms with van der Waals surface area (Å²) in [4.78, 5) is 22.4. The van der Waals surface area contributed by atoms with Crippen LogP contribution in [-0.4, -0.2) is 34.2 Å². The molecule has 1 heterocycles. The highest BCUT2D eigenvalue weighted by Gasteiger charge is 2.57. The number of hydrogen-bond donors (Lipinski definition) is 2. The lowest BCUT2D eigenvalue weighted by Crippen LogP contribution is -2.72. The van der Waals surface area contributed by atoms with Crippen molar-refractivity contribution >= 4 is 11.9 Å². The van der Waals surface area contributed by atoms with Gasteiger partial charge in [0.25, 0.3) is 0 Å². The van der Waals surface area contributed by atoms with Crippen molar-refractivity contribution in [1.29, 1.82) is 0 Å². The predicted molar refractivity (Wildman–Crippen MR) is 60.5 cm³/mol. The number of nitrogens with one attached hydrogen (secondary N) is 1. The van der Waals surface area contributed by atoms with Crippen molar-refractivity contribution in [1.82, 2.24) is 5.32 Å². The minimum atomic E-state index is -0.809. The molecule has 5 heteroatoms. The van der Waals surface area contributed by atoms with Crippen molar-refractivity contribution in [2.24, 2.45) is 5.92 Å². The van der Waals surface area contributed by atoms with E-state index in [9.17, 15) is 9.59 Å². The Morgan fingerprint density at radius 1 is 1.29 bits per heavy atom. The lowest BCUT2D eigenvalue weighted by Gasteiger charge is -2.56. The van der Waals surface area contributed by atoms with Gasteiger partial charge in [-0.1, -0.05) is 0 Å². The van der Waals surface area contributed by atoms with Crippen LogP contribution >= 0.6 is 0 Å². The quantitative estimate of drug-likeness (QED) is 0.703. The van der Waals surface area contributed by atoms with Gasteiger partial charge in [-0.2, -0.15) is 0 Å². The molecule has 0 aromatic heterocycles. The number of carbonyl (C=O) groups excluding carboxylic acids is 1. The van der Waals surface area contributed by atoms with Gasteiger partial charge in [0.2, 0.25) is 0 Å². The van der Waals surface area contributed by atoms with E-state index in [1.807, 2.05) is 20.8 Å². The molecule has 2 aliphatic rings. The van der Waals surface area contributed by atoms with Crippen molar-refractivity contribution in [2.45, 2.75) is 57.2 Å². The third-order valence-corrected chi connectivity index (χ3v) is 3.39. The van der Waals surface area contributed by atoms with Crippen LogP contribution in [0, 0.1) is 5.92 Å². The van der Waals surface area contributed by atoms with Crippen LogP contribution in [0.2, 0.25) is 0 Å². The summed E-state index contributed by atoms with van der Waals surface area (Å²) in [5.74, 6) is -1.04. The molecule has 1 saturated heterocycles. The van der Waals surface area contributed by atoms with Gasteiger partial charge in [0.15, 0.2) is 0 Å². The second-order valence-electron chi connectivity index (χ2n) is 6.16. The minimum absolute atomic E-state index is 0.0727. The SMILES string of the molecule is CC(C)(C)OC(=O)C1CC2(C1)CC(C(=O)O)N2. The summed E-state index contributed by atoms with van der Waals surface area (Å²) >= 11 is 0. The van der Waals surface area contributed by atoms with Gasteiger partial charge in [0.1, 0.15) is 11.6 Å². The normalized spacial score (nSPS) is 35.9. The highest BCUT2D eigenvalue weighted by molar-refractivity contribution is 5.78. The van der Waals surface area contributed by atoms with E-state index >= 15 is 0 Å². The number of ether oxygens (including phenoxy) is 1. The Kier molecular flexibility index (Phi) is 2.69. The smallest absolute Gasteiger partial charge is 0.320 e. The molecule has 1 spiro atoms. The van der Waals surface area contributed by atoms with Gasteiger partial charge < -0.3 is 9.84 Å². The summed E-state index contributed by atoms with van der Waals surface area (Å²) in [7, 11) is 0. The van der Waals surface area contributed by atoms with E-state index in [0.29, 0.717) is 19.3 Å². The number of esters is 1. The first-order valence-corrected chi connectivity index (χ1v) is 5.94. The van der Waals surface area contributed by atoms with Gasteiger partial charge >= 0.3 is 11.9 Å². The molecule has 1 aliphatic heterocycles. The van der Waals surface area contributed by atoms with Crippen LogP contribution in [0.1, 0.15) is 40.0 Å². The molecule has 96 valence electrons. The summed E-state index contributed by atoms with van der Waals surface area (Å²) in [6.07, 6.45) is 2.03. The van der Waals surface area contributed by atoms with E-state index in [1.54, 1.807) is 0 Å². The van der Waals surface area contributed by atoms with Crippen LogP contribution in [0.25, 0.3) is 0 Å². The number of hydrogen-bond acceptors (Lipinski definition) is 4. The van der Waals surface area contributed by atoms with E-state index in [0.717, 1.165) is 0 Å². The topological polar surface area (TPSA) is 75.6 Å². The lowest BCUT2D eigenvalue weighted by molar-refractivity contribution is -0.170. The van der Waals surface area contributed by atoms with Gasteiger partial charge in [0.05, 0.1) is 5.92 Å². The zero-order valence-corrected chi connectivity index (χ0v) is 10.4. The lowest BCUT2D eigenvalue weighted by atomic mass is 9.60. The van der Waals surface area contributed by atoms with E-state index in [4.69, 9.17) is 9.84 Å². The standard InChI is InChI=1S/C12H19NO4/c1-11(2,3)17-10(16)7-4-12(5-7)6-8(13-12)9(14)15/h7-8,13H,4-6H2,1-3H3,(H,14,15). The Morgan fingerprint density at radius 3 is 2.24 bits per heavy atom. The number of carboxylic acid groups (broad SMARTS) is 1. The summed E-state index contributed by atoms with van der Waals surface area (Å²) in [6, 6.07) is -0.436. The molecule has 2 N–H and O–H groups in total. The average Bonchev–Trinajstić information content (AvgIpc) is 1.93. The van der Waals surface area contributed by atoms with Gasteiger partial charge in [-0.05, 0) is 40.0 Å². The van der Waals surface area contributed by atoms with Crippen LogP contribution in [0.5, 0.6) is 0 Å². The molecule has 0 aromatic carbocycles. The fraction of sp³-hybridized carbons (Fsp3) is 0.833. The van der Waals surface area contributed by atoms with Crippen LogP contribution < -0.4 is 5.32 Å². The van der Waals surface area contributed by atoms with E-state index in [2.05, 4.69) is 5.32 Å². The van der Waals surface area contributed by atoms with Crippen LogP contribution in [-0.2, 0) is 14.3 Å². The molecule has 1 unspecified atom stereocenters. The third kappa shape index (κ3) is 2.44. The number of carbonyl (C=O) groups is 2. The Morgan fingerprint density at radius 2 is 1.82 bits per heavy atom. The molecule has 2 rings (SSSR count). The molecule has 0 amide bonds. The largest absolute Gasteiger partial charge is 0.480 e. The Balaban J connectivity index is 1.77. The van der Waals surface area contributed by atoms with Crippen molar-refractivity contribution in [2.75, 3.05) is 0 Å². The fourth-order valence-electron chi connectivity index (χ4n) is 2.61. The van der Waals surface area contributed by atoms with E-state index in [-0.39, 0.29) is 17.4 Å². The molecule has 2 fully saturated rings. The highest BCUT2D eigenvalue weighted by Crippen LogP contribution is 2.47. The first-order valence-electron chi connectivity index (χ1n) is 5.94. The molecular weight excluding hydrogens is 222 g/mol. The van der Waals surface area contributed by atoms with E-state index in [1.165, 1.54) is 0 Å². The summed E-state index contributed by atoms with van der Waals surface area (Å²) in [6.45, 7) is 5.55. The second kappa shape index (κ2) is 3.70. The summed E-state index contributed by atoms with van der Waals surface area (Å²) < 4.78 is 5.29. The molecular formula is C12H19NO4. The van der Waals surface area contributed by atoms with Crippen molar-refractivity contribution in [3.8, 4) is 0 Å². The summed E-state index contributed by atoms with van der Waals surface area (Å²) in [5.41, 5.74) is -0.554. The van der Waals surface area contributed by atoms with Gasteiger partial charge in [-0.3, -0.25) is 14.9 Å². The third-order valence-electron chi connectivity index (χ3n) is 3.39. The highest BCUT2D eigenvalue weighted by atomic mass is 16.6. The maximum Gasteiger partial charge on any atom is 0.320 e. The van der Waals surface area contributed by atoms with Crippen molar-refractivity contribution in [3.05, 3.63) is 0 Å². The zero-order valence-electron chi connectivity index (χ0n) is 10.4. The average molecular weight is 241 g/mol. The maximum absolute atomic E-state index is 11.7. The van der Waals surface area contributed by atoms with Crippen molar-refractivity contribution in [3.63, 3.8) is 0 Å². The molecule has 17 heavy (non-hydrogen) atoms. The summed E-state index contributed by atoms with van der Waals surface area (Å²) in [5, 5.41) is 11.8. The van der Waals surface area contributed by atoms with Crippen LogP contribution in [0.15, 0.2) is 0 Å².